The summed E-state index contributed by atoms with van der Waals surface area (Å²) >= 11 is 1.06. The summed E-state index contributed by atoms with van der Waals surface area (Å²) in [6, 6.07) is 8.62. The van der Waals surface area contributed by atoms with E-state index in [0.29, 0.717) is 23.4 Å². The van der Waals surface area contributed by atoms with E-state index in [2.05, 4.69) is 4.40 Å². The highest BCUT2D eigenvalue weighted by Gasteiger charge is 2.15. The Bertz CT molecular complexity index is 1070. The van der Waals surface area contributed by atoms with E-state index in [4.69, 9.17) is 4.74 Å². The molecule has 3 rings (SSSR count). The number of nitrogens with zero attached hydrogens (tertiary/aromatic N) is 2. The molecule has 0 N–H and O–H groups in total. The summed E-state index contributed by atoms with van der Waals surface area (Å²) in [5, 5.41) is 0. The second kappa shape index (κ2) is 7.03. The van der Waals surface area contributed by atoms with Gasteiger partial charge in [0.05, 0.1) is 21.7 Å². The number of halogens is 2. The van der Waals surface area contributed by atoms with E-state index in [9.17, 15) is 17.2 Å². The summed E-state index contributed by atoms with van der Waals surface area (Å²) in [6.45, 7) is 0.701. The zero-order valence-electron chi connectivity index (χ0n) is 13.1. The van der Waals surface area contributed by atoms with Crippen molar-refractivity contribution in [1.82, 2.24) is 4.57 Å². The third-order valence-electron chi connectivity index (χ3n) is 3.47. The number of methoxy groups -OCH3 is 1. The maximum absolute atomic E-state index is 13.5. The summed E-state index contributed by atoms with van der Waals surface area (Å²) in [7, 11) is -2.49. The number of hydrogen-bond acceptors (Lipinski definition) is 4. The first kappa shape index (κ1) is 17.7. The molecule has 25 heavy (non-hydrogen) atoms. The Labute approximate surface area is 146 Å². The molecule has 0 aliphatic rings. The second-order valence-corrected chi connectivity index (χ2v) is 7.77. The highest BCUT2D eigenvalue weighted by Crippen LogP contribution is 2.20. The van der Waals surface area contributed by atoms with E-state index in [1.165, 1.54) is 19.2 Å². The first-order valence-corrected chi connectivity index (χ1v) is 9.51. The van der Waals surface area contributed by atoms with E-state index >= 15 is 0 Å². The van der Waals surface area contributed by atoms with E-state index in [1.54, 1.807) is 10.6 Å². The van der Waals surface area contributed by atoms with Crippen LogP contribution in [-0.4, -0.2) is 26.7 Å². The van der Waals surface area contributed by atoms with Gasteiger partial charge in [-0.1, -0.05) is 11.3 Å². The lowest BCUT2D eigenvalue weighted by Gasteiger charge is -2.04. The molecule has 0 spiro atoms. The fourth-order valence-corrected chi connectivity index (χ4v) is 4.56. The Kier molecular flexibility index (Phi) is 4.98. The molecule has 0 amide bonds. The Morgan fingerprint density at radius 3 is 2.48 bits per heavy atom. The van der Waals surface area contributed by atoms with Crippen molar-refractivity contribution in [3.05, 3.63) is 58.9 Å². The molecule has 0 aliphatic carbocycles. The van der Waals surface area contributed by atoms with Gasteiger partial charge >= 0.3 is 0 Å². The van der Waals surface area contributed by atoms with Gasteiger partial charge in [-0.3, -0.25) is 0 Å². The smallest absolute Gasteiger partial charge is 0.285 e. The molecule has 9 heteroatoms. The summed E-state index contributed by atoms with van der Waals surface area (Å²) in [5.41, 5.74) is 0.663. The lowest BCUT2D eigenvalue weighted by molar-refractivity contribution is 0.187. The topological polar surface area (TPSA) is 60.7 Å². The van der Waals surface area contributed by atoms with Gasteiger partial charge in [0.1, 0.15) is 11.6 Å². The Balaban J connectivity index is 2.18. The van der Waals surface area contributed by atoms with Crippen LogP contribution in [0.1, 0.15) is 0 Å². The first-order chi connectivity index (χ1) is 11.9. The predicted octanol–water partition coefficient (Wildman–Crippen LogP) is 2.92. The molecule has 2 aromatic carbocycles. The lowest BCUT2D eigenvalue weighted by atomic mass is 10.3. The van der Waals surface area contributed by atoms with Crippen molar-refractivity contribution in [1.29, 1.82) is 0 Å². The number of fused-ring (bicyclic) bond motifs is 1. The van der Waals surface area contributed by atoms with Crippen LogP contribution < -0.4 is 4.80 Å². The summed E-state index contributed by atoms with van der Waals surface area (Å²) < 4.78 is 62.6. The molecule has 0 radical (unpaired) electrons. The zero-order valence-corrected chi connectivity index (χ0v) is 14.8. The summed E-state index contributed by atoms with van der Waals surface area (Å²) in [5.74, 6) is -0.952. The van der Waals surface area contributed by atoms with Crippen LogP contribution in [0.2, 0.25) is 0 Å². The summed E-state index contributed by atoms with van der Waals surface area (Å²) in [6.07, 6.45) is 0. The second-order valence-electron chi connectivity index (χ2n) is 5.16. The molecule has 0 saturated carbocycles. The Hall–Kier alpha value is -2.10. The van der Waals surface area contributed by atoms with Crippen LogP contribution in [-0.2, 0) is 21.3 Å². The molecule has 0 saturated heterocycles. The maximum Gasteiger partial charge on any atom is 0.285 e. The molecule has 1 heterocycles. The van der Waals surface area contributed by atoms with Gasteiger partial charge in [-0.2, -0.15) is 8.42 Å². The number of benzene rings is 2. The SMILES string of the molecule is COCCn1/c(=N/S(=O)(=O)c2ccc(F)cc2)sc2cc(F)ccc21. The molecule has 0 bridgehead atoms. The van der Waals surface area contributed by atoms with Crippen molar-refractivity contribution in [2.45, 2.75) is 11.4 Å². The van der Waals surface area contributed by atoms with E-state index in [-0.39, 0.29) is 9.70 Å². The fourth-order valence-electron chi connectivity index (χ4n) is 2.28. The van der Waals surface area contributed by atoms with Crippen molar-refractivity contribution in [3.8, 4) is 0 Å². The molecule has 0 fully saturated rings. The third-order valence-corrected chi connectivity index (χ3v) is 5.91. The van der Waals surface area contributed by atoms with E-state index in [1.807, 2.05) is 0 Å². The monoisotopic (exact) mass is 384 g/mol. The van der Waals surface area contributed by atoms with Gasteiger partial charge in [0.15, 0.2) is 0 Å². The average Bonchev–Trinajstić information content (AvgIpc) is 2.88. The van der Waals surface area contributed by atoms with E-state index in [0.717, 1.165) is 35.6 Å². The van der Waals surface area contributed by atoms with Crippen LogP contribution in [0.15, 0.2) is 51.8 Å². The van der Waals surface area contributed by atoms with Gasteiger partial charge in [0.25, 0.3) is 10.0 Å². The molecular weight excluding hydrogens is 370 g/mol. The van der Waals surface area contributed by atoms with Gasteiger partial charge in [-0.25, -0.2) is 8.78 Å². The number of aromatic nitrogens is 1. The molecule has 1 aromatic heterocycles. The Morgan fingerprint density at radius 2 is 1.80 bits per heavy atom. The molecule has 0 unspecified atom stereocenters. The fraction of sp³-hybridized carbons (Fsp3) is 0.188. The average molecular weight is 384 g/mol. The molecule has 132 valence electrons. The highest BCUT2D eigenvalue weighted by molar-refractivity contribution is 7.90. The zero-order chi connectivity index (χ0) is 18.0. The van der Waals surface area contributed by atoms with Crippen LogP contribution in [0.3, 0.4) is 0 Å². The van der Waals surface area contributed by atoms with Crippen LogP contribution in [0.5, 0.6) is 0 Å². The lowest BCUT2D eigenvalue weighted by Crippen LogP contribution is -2.19. The number of rotatable bonds is 5. The number of thiazole rings is 1. The minimum atomic E-state index is -4.02. The quantitative estimate of drug-likeness (QED) is 0.680. The van der Waals surface area contributed by atoms with Crippen LogP contribution in [0.25, 0.3) is 10.2 Å². The molecule has 5 nitrogen and oxygen atoms in total. The largest absolute Gasteiger partial charge is 0.383 e. The van der Waals surface area contributed by atoms with Crippen molar-refractivity contribution in [2.24, 2.45) is 4.40 Å². The van der Waals surface area contributed by atoms with Crippen LogP contribution >= 0.6 is 11.3 Å². The molecule has 0 atom stereocenters. The van der Waals surface area contributed by atoms with Gasteiger partial charge in [0, 0.05) is 13.7 Å². The van der Waals surface area contributed by atoms with Crippen LogP contribution in [0.4, 0.5) is 8.78 Å². The molecule has 3 aromatic rings. The normalized spacial score (nSPS) is 12.8. The molecule has 0 aliphatic heterocycles. The van der Waals surface area contributed by atoms with Gasteiger partial charge < -0.3 is 9.30 Å². The minimum absolute atomic E-state index is 0.115. The number of hydrogen-bond donors (Lipinski definition) is 0. The van der Waals surface area contributed by atoms with Gasteiger partial charge in [-0.15, -0.1) is 4.40 Å². The highest BCUT2D eigenvalue weighted by atomic mass is 32.2. The minimum Gasteiger partial charge on any atom is -0.383 e. The maximum atomic E-state index is 13.5. The van der Waals surface area contributed by atoms with Crippen molar-refractivity contribution in [2.75, 3.05) is 13.7 Å². The molecular formula is C16H14F2N2O3S2. The third kappa shape index (κ3) is 3.78. The van der Waals surface area contributed by atoms with Gasteiger partial charge in [0.2, 0.25) is 4.80 Å². The van der Waals surface area contributed by atoms with Crippen molar-refractivity contribution in [3.63, 3.8) is 0 Å². The summed E-state index contributed by atoms with van der Waals surface area (Å²) in [4.78, 5) is 0.0813. The number of sulfonamides is 1. The Morgan fingerprint density at radius 1 is 1.12 bits per heavy atom. The van der Waals surface area contributed by atoms with Gasteiger partial charge in [-0.05, 0) is 42.5 Å². The number of ether oxygens (including phenoxy) is 1. The first-order valence-electron chi connectivity index (χ1n) is 7.25. The van der Waals surface area contributed by atoms with Crippen molar-refractivity contribution < 1.29 is 21.9 Å². The van der Waals surface area contributed by atoms with Crippen LogP contribution in [0, 0.1) is 11.6 Å². The predicted molar refractivity (Wildman–Crippen MR) is 90.8 cm³/mol. The van der Waals surface area contributed by atoms with E-state index < -0.39 is 21.7 Å². The standard InChI is InChI=1S/C16H14F2N2O3S2/c1-23-9-8-20-14-7-4-12(18)10-15(14)24-16(20)19-25(21,22)13-5-2-11(17)3-6-13/h2-7,10H,8-9H2,1H3/b19-16-. The van der Waals surface area contributed by atoms with Crippen molar-refractivity contribution >= 4 is 31.6 Å².